The summed E-state index contributed by atoms with van der Waals surface area (Å²) in [7, 11) is 0. The van der Waals surface area contributed by atoms with Crippen molar-refractivity contribution in [3.05, 3.63) is 45.9 Å². The van der Waals surface area contributed by atoms with E-state index in [2.05, 4.69) is 46.4 Å². The molecule has 1 heterocycles. The fourth-order valence-electron chi connectivity index (χ4n) is 1.42. The van der Waals surface area contributed by atoms with E-state index in [1.54, 1.807) is 11.3 Å². The van der Waals surface area contributed by atoms with Gasteiger partial charge in [0.2, 0.25) is 0 Å². The van der Waals surface area contributed by atoms with Crippen LogP contribution >= 0.6 is 27.3 Å². The van der Waals surface area contributed by atoms with Crippen LogP contribution in [0.2, 0.25) is 0 Å². The van der Waals surface area contributed by atoms with Crippen LogP contribution in [0.15, 0.2) is 41.0 Å². The van der Waals surface area contributed by atoms with Gasteiger partial charge in [0.05, 0.1) is 0 Å². The molecule has 2 rings (SSSR count). The summed E-state index contributed by atoms with van der Waals surface area (Å²) in [5, 5.41) is 1.23. The molecule has 15 heavy (non-hydrogen) atoms. The first kappa shape index (κ1) is 10.7. The quantitative estimate of drug-likeness (QED) is 0.832. The maximum atomic E-state index is 5.62. The zero-order valence-electron chi connectivity index (χ0n) is 8.09. The summed E-state index contributed by atoms with van der Waals surface area (Å²) < 4.78 is 2.35. The van der Waals surface area contributed by atoms with Crippen molar-refractivity contribution in [2.75, 3.05) is 6.54 Å². The van der Waals surface area contributed by atoms with E-state index in [4.69, 9.17) is 5.73 Å². The molecule has 2 aromatic rings. The van der Waals surface area contributed by atoms with Gasteiger partial charge in [-0.2, -0.15) is 0 Å². The van der Waals surface area contributed by atoms with E-state index in [0.29, 0.717) is 6.54 Å². The largest absolute Gasteiger partial charge is 0.326 e. The second-order valence-corrected chi connectivity index (χ2v) is 5.15. The van der Waals surface area contributed by atoms with Crippen LogP contribution in [-0.2, 0) is 0 Å². The van der Waals surface area contributed by atoms with Crippen molar-refractivity contribution >= 4 is 42.9 Å². The van der Waals surface area contributed by atoms with E-state index < -0.39 is 0 Å². The van der Waals surface area contributed by atoms with Crippen LogP contribution in [0, 0.1) is 0 Å². The fourth-order valence-corrected chi connectivity index (χ4v) is 2.87. The third kappa shape index (κ3) is 2.06. The predicted molar refractivity (Wildman–Crippen MR) is 71.1 cm³/mol. The smallest absolute Gasteiger partial charge is 0.0404 e. The lowest BCUT2D eigenvalue weighted by molar-refractivity contribution is 1.28. The highest BCUT2D eigenvalue weighted by Crippen LogP contribution is 2.31. The first-order chi connectivity index (χ1) is 7.24. The molecule has 0 unspecified atom stereocenters. The van der Waals surface area contributed by atoms with Gasteiger partial charge in [-0.3, -0.25) is 0 Å². The Hall–Kier alpha value is -0.860. The second kappa shape index (κ2) is 4.33. The summed E-state index contributed by atoms with van der Waals surface area (Å²) in [5.41, 5.74) is 9.49. The molecule has 3 heteroatoms. The van der Waals surface area contributed by atoms with E-state index in [1.165, 1.54) is 10.1 Å². The molecule has 0 atom stereocenters. The Bertz CT molecular complexity index is 550. The van der Waals surface area contributed by atoms with E-state index >= 15 is 0 Å². The first-order valence-electron chi connectivity index (χ1n) is 4.53. The van der Waals surface area contributed by atoms with Crippen molar-refractivity contribution in [3.8, 4) is 0 Å². The maximum absolute atomic E-state index is 5.62. The van der Waals surface area contributed by atoms with Crippen molar-refractivity contribution in [3.63, 3.8) is 0 Å². The molecule has 1 nitrogen and oxygen atoms in total. The monoisotopic (exact) mass is 279 g/mol. The van der Waals surface area contributed by atoms with Crippen molar-refractivity contribution in [1.29, 1.82) is 0 Å². The molecule has 0 fully saturated rings. The van der Waals surface area contributed by atoms with Crippen LogP contribution in [-0.4, -0.2) is 6.54 Å². The van der Waals surface area contributed by atoms with E-state index in [-0.39, 0.29) is 0 Å². The lowest BCUT2D eigenvalue weighted by Crippen LogP contribution is -1.99. The molecule has 0 aliphatic heterocycles. The molecule has 0 spiro atoms. The second-order valence-electron chi connectivity index (χ2n) is 3.15. The lowest BCUT2D eigenvalue weighted by Gasteiger charge is -1.93. The molecule has 0 radical (unpaired) electrons. The molecule has 0 amide bonds. The van der Waals surface area contributed by atoms with Gasteiger partial charge in [0.25, 0.3) is 0 Å². The fraction of sp³-hybridized carbons (Fsp3) is 0.0833. The number of fused-ring (bicyclic) bond motifs is 1. The number of rotatable bonds is 2. The number of hydrogen-bond donors (Lipinski definition) is 1. The molecule has 2 N–H and O–H groups in total. The van der Waals surface area contributed by atoms with Gasteiger partial charge >= 0.3 is 0 Å². The van der Waals surface area contributed by atoms with Crippen LogP contribution in [0.5, 0.6) is 0 Å². The summed E-state index contributed by atoms with van der Waals surface area (Å²) in [5.74, 6) is 0. The molecular weight excluding hydrogens is 270 g/mol. The number of halogens is 1. The Labute approximate surface area is 101 Å². The van der Waals surface area contributed by atoms with Gasteiger partial charge in [-0.25, -0.2) is 0 Å². The minimum Gasteiger partial charge on any atom is -0.326 e. The molecule has 0 saturated carbocycles. The average molecular weight is 280 g/mol. The van der Waals surface area contributed by atoms with Crippen molar-refractivity contribution in [2.24, 2.45) is 5.73 Å². The van der Waals surface area contributed by atoms with E-state index in [1.807, 2.05) is 6.07 Å². The molecule has 1 aromatic heterocycles. The topological polar surface area (TPSA) is 26.0 Å². The minimum absolute atomic E-state index is 0.484. The predicted octanol–water partition coefficient (Wildman–Crippen LogP) is 3.79. The third-order valence-electron chi connectivity index (χ3n) is 2.19. The summed E-state index contributed by atoms with van der Waals surface area (Å²) in [6.45, 7) is 4.13. The van der Waals surface area contributed by atoms with Gasteiger partial charge < -0.3 is 5.73 Å². The number of benzene rings is 1. The van der Waals surface area contributed by atoms with Crippen LogP contribution < -0.4 is 5.73 Å². The average Bonchev–Trinajstić information content (AvgIpc) is 2.62. The van der Waals surface area contributed by atoms with Gasteiger partial charge in [-0.05, 0) is 29.7 Å². The van der Waals surface area contributed by atoms with E-state index in [0.717, 1.165) is 14.9 Å². The van der Waals surface area contributed by atoms with E-state index in [9.17, 15) is 0 Å². The molecular formula is C12H10BrNS. The van der Waals surface area contributed by atoms with Gasteiger partial charge in [0.1, 0.15) is 0 Å². The van der Waals surface area contributed by atoms with Crippen molar-refractivity contribution in [2.45, 2.75) is 0 Å². The first-order valence-corrected chi connectivity index (χ1v) is 6.14. The Kier molecular flexibility index (Phi) is 3.08. The molecule has 0 aliphatic rings. The Morgan fingerprint density at radius 3 is 2.93 bits per heavy atom. The molecule has 0 bridgehead atoms. The molecule has 0 aliphatic carbocycles. The standard InChI is InChI=1S/C12H10BrNS/c1-2-8(7-14)12-6-9-5-10(13)3-4-11(9)15-12/h3-6H,1,7,14H2. The van der Waals surface area contributed by atoms with Crippen molar-refractivity contribution < 1.29 is 0 Å². The number of nitrogens with two attached hydrogens (primary N) is 1. The third-order valence-corrected chi connectivity index (χ3v) is 3.86. The maximum Gasteiger partial charge on any atom is 0.0404 e. The van der Waals surface area contributed by atoms with Gasteiger partial charge in [-0.15, -0.1) is 17.1 Å². The Morgan fingerprint density at radius 1 is 1.47 bits per heavy atom. The summed E-state index contributed by atoms with van der Waals surface area (Å²) in [6, 6.07) is 8.38. The lowest BCUT2D eigenvalue weighted by atomic mass is 10.2. The minimum atomic E-state index is 0.484. The SMILES string of the molecule is C=C=C(CN)c1cc2cc(Br)ccc2s1. The van der Waals surface area contributed by atoms with Crippen LogP contribution in [0.25, 0.3) is 15.7 Å². The van der Waals surface area contributed by atoms with Crippen LogP contribution in [0.1, 0.15) is 4.88 Å². The van der Waals surface area contributed by atoms with Gasteiger partial charge in [0.15, 0.2) is 0 Å². The van der Waals surface area contributed by atoms with Crippen LogP contribution in [0.4, 0.5) is 0 Å². The summed E-state index contributed by atoms with van der Waals surface area (Å²) >= 11 is 5.18. The summed E-state index contributed by atoms with van der Waals surface area (Å²) in [6.07, 6.45) is 0. The number of thiophene rings is 1. The van der Waals surface area contributed by atoms with Crippen LogP contribution in [0.3, 0.4) is 0 Å². The zero-order valence-corrected chi connectivity index (χ0v) is 10.5. The molecule has 1 aromatic carbocycles. The van der Waals surface area contributed by atoms with Gasteiger partial charge in [0, 0.05) is 26.2 Å². The normalized spacial score (nSPS) is 10.3. The highest BCUT2D eigenvalue weighted by Gasteiger charge is 2.05. The zero-order chi connectivity index (χ0) is 10.8. The Balaban J connectivity index is 2.61. The highest BCUT2D eigenvalue weighted by atomic mass is 79.9. The van der Waals surface area contributed by atoms with Gasteiger partial charge in [-0.1, -0.05) is 22.5 Å². The molecule has 76 valence electrons. The van der Waals surface area contributed by atoms with Crippen molar-refractivity contribution in [1.82, 2.24) is 0 Å². The highest BCUT2D eigenvalue weighted by molar-refractivity contribution is 9.10. The number of hydrogen-bond acceptors (Lipinski definition) is 2. The summed E-state index contributed by atoms with van der Waals surface area (Å²) in [4.78, 5) is 1.15. The Morgan fingerprint density at radius 2 is 2.27 bits per heavy atom. The molecule has 0 saturated heterocycles.